The molecule has 1 aliphatic rings. The monoisotopic (exact) mass is 122 g/mol. The van der Waals surface area contributed by atoms with Gasteiger partial charge in [0.1, 0.15) is 0 Å². The highest BCUT2D eigenvalue weighted by Crippen LogP contribution is 2.15. The molecule has 0 aromatic carbocycles. The minimum Gasteiger partial charge on any atom is -0.399 e. The summed E-state index contributed by atoms with van der Waals surface area (Å²) in [6.07, 6.45) is 8.34. The molecule has 0 atom stereocenters. The molecule has 0 aliphatic heterocycles. The molecule has 1 radical (unpaired) electrons. The van der Waals surface area contributed by atoms with E-state index >= 15 is 0 Å². The van der Waals surface area contributed by atoms with Gasteiger partial charge in [0.15, 0.2) is 0 Å². The van der Waals surface area contributed by atoms with Crippen molar-refractivity contribution in [3.63, 3.8) is 0 Å². The van der Waals surface area contributed by atoms with E-state index in [0.717, 1.165) is 18.5 Å². The topological polar surface area (TPSA) is 26.0 Å². The average molecular weight is 122 g/mol. The molecule has 0 saturated carbocycles. The Labute approximate surface area is 56.2 Å². The van der Waals surface area contributed by atoms with E-state index in [9.17, 15) is 0 Å². The summed E-state index contributed by atoms with van der Waals surface area (Å²) in [4.78, 5) is 0. The van der Waals surface area contributed by atoms with Crippen molar-refractivity contribution < 1.29 is 0 Å². The van der Waals surface area contributed by atoms with Crippen LogP contribution in [-0.2, 0) is 0 Å². The van der Waals surface area contributed by atoms with Crippen LogP contribution >= 0.6 is 0 Å². The molecule has 0 amide bonds. The summed E-state index contributed by atoms with van der Waals surface area (Å²) in [5.41, 5.74) is 7.87. The van der Waals surface area contributed by atoms with Crippen LogP contribution in [0.2, 0.25) is 0 Å². The molecule has 1 aliphatic carbocycles. The molecule has 0 fully saturated rings. The van der Waals surface area contributed by atoms with Crippen molar-refractivity contribution in [2.75, 3.05) is 0 Å². The largest absolute Gasteiger partial charge is 0.399 e. The van der Waals surface area contributed by atoms with Gasteiger partial charge >= 0.3 is 0 Å². The van der Waals surface area contributed by atoms with Crippen LogP contribution in [0, 0.1) is 6.42 Å². The van der Waals surface area contributed by atoms with Gasteiger partial charge in [0.25, 0.3) is 0 Å². The summed E-state index contributed by atoms with van der Waals surface area (Å²) in [6, 6.07) is 0. The van der Waals surface area contributed by atoms with E-state index in [4.69, 9.17) is 5.73 Å². The second kappa shape index (κ2) is 2.72. The lowest BCUT2D eigenvalue weighted by Gasteiger charge is -2.08. The molecule has 0 bridgehead atoms. The molecule has 1 nitrogen and oxygen atoms in total. The first-order valence-electron chi connectivity index (χ1n) is 3.33. The van der Waals surface area contributed by atoms with E-state index in [0.29, 0.717) is 0 Å². The van der Waals surface area contributed by atoms with Crippen molar-refractivity contribution in [3.8, 4) is 0 Å². The Morgan fingerprint density at radius 3 is 2.89 bits per heavy atom. The predicted molar refractivity (Wildman–Crippen MR) is 39.6 cm³/mol. The van der Waals surface area contributed by atoms with Crippen LogP contribution < -0.4 is 5.73 Å². The molecule has 0 heterocycles. The number of hydrogen-bond donors (Lipinski definition) is 1. The molecule has 0 aromatic rings. The first-order chi connectivity index (χ1) is 4.34. The number of allylic oxidation sites excluding steroid dienone is 3. The van der Waals surface area contributed by atoms with E-state index < -0.39 is 0 Å². The minimum atomic E-state index is 0.934. The van der Waals surface area contributed by atoms with Gasteiger partial charge in [0, 0.05) is 5.70 Å². The Morgan fingerprint density at radius 1 is 1.67 bits per heavy atom. The predicted octanol–water partition coefficient (Wildman–Crippen LogP) is 1.77. The summed E-state index contributed by atoms with van der Waals surface area (Å²) in [5, 5.41) is 0. The van der Waals surface area contributed by atoms with Gasteiger partial charge < -0.3 is 5.73 Å². The summed E-state index contributed by atoms with van der Waals surface area (Å²) >= 11 is 0. The number of hydrogen-bond acceptors (Lipinski definition) is 1. The van der Waals surface area contributed by atoms with Crippen LogP contribution in [0.25, 0.3) is 0 Å². The van der Waals surface area contributed by atoms with Crippen molar-refractivity contribution in [1.82, 2.24) is 0 Å². The van der Waals surface area contributed by atoms with Crippen molar-refractivity contribution >= 4 is 0 Å². The summed E-state index contributed by atoms with van der Waals surface area (Å²) < 4.78 is 0. The lowest BCUT2D eigenvalue weighted by molar-refractivity contribution is 1.03. The molecule has 2 N–H and O–H groups in total. The third kappa shape index (κ3) is 1.35. The summed E-state index contributed by atoms with van der Waals surface area (Å²) in [5.74, 6) is 0. The molecule has 49 valence electrons. The van der Waals surface area contributed by atoms with Gasteiger partial charge in [-0.05, 0) is 24.8 Å². The molecular formula is C8H12N. The molecule has 9 heavy (non-hydrogen) atoms. The number of nitrogens with two attached hydrogens (primary N) is 1. The van der Waals surface area contributed by atoms with Crippen LogP contribution in [0.1, 0.15) is 19.8 Å². The van der Waals surface area contributed by atoms with Crippen molar-refractivity contribution in [3.05, 3.63) is 29.8 Å². The van der Waals surface area contributed by atoms with Crippen LogP contribution in [-0.4, -0.2) is 0 Å². The maximum absolute atomic E-state index is 5.65. The van der Waals surface area contributed by atoms with E-state index in [-0.39, 0.29) is 0 Å². The quantitative estimate of drug-likeness (QED) is 0.563. The standard InChI is InChI=1S/C8H12N/c1-2-7-5-3-4-6-8(7)9/h4-6H,2-3,9H2,1H3. The van der Waals surface area contributed by atoms with Gasteiger partial charge in [-0.25, -0.2) is 0 Å². The molecular weight excluding hydrogens is 110 g/mol. The Bertz CT molecular complexity index is 154. The van der Waals surface area contributed by atoms with Crippen molar-refractivity contribution in [2.45, 2.75) is 19.8 Å². The summed E-state index contributed by atoms with van der Waals surface area (Å²) in [7, 11) is 0. The van der Waals surface area contributed by atoms with Gasteiger partial charge in [-0.1, -0.05) is 19.1 Å². The van der Waals surface area contributed by atoms with Crippen molar-refractivity contribution in [2.24, 2.45) is 5.73 Å². The van der Waals surface area contributed by atoms with E-state index in [1.165, 1.54) is 5.57 Å². The Hall–Kier alpha value is -0.720. The fourth-order valence-corrected chi connectivity index (χ4v) is 0.979. The second-order valence-electron chi connectivity index (χ2n) is 2.18. The van der Waals surface area contributed by atoms with Gasteiger partial charge in [0.2, 0.25) is 0 Å². The molecule has 0 aromatic heterocycles. The van der Waals surface area contributed by atoms with Gasteiger partial charge in [-0.15, -0.1) is 0 Å². The van der Waals surface area contributed by atoms with Gasteiger partial charge in [0.05, 0.1) is 0 Å². The van der Waals surface area contributed by atoms with Crippen LogP contribution in [0.5, 0.6) is 0 Å². The zero-order valence-electron chi connectivity index (χ0n) is 5.72. The van der Waals surface area contributed by atoms with Crippen molar-refractivity contribution in [1.29, 1.82) is 0 Å². The molecule has 1 heteroatoms. The lowest BCUT2D eigenvalue weighted by atomic mass is 10.0. The fourth-order valence-electron chi connectivity index (χ4n) is 0.979. The Kier molecular flexibility index (Phi) is 1.93. The second-order valence-corrected chi connectivity index (χ2v) is 2.18. The zero-order chi connectivity index (χ0) is 6.69. The Balaban J connectivity index is 2.68. The lowest BCUT2D eigenvalue weighted by Crippen LogP contribution is -2.03. The highest BCUT2D eigenvalue weighted by molar-refractivity contribution is 5.33. The average Bonchev–Trinajstić information content (AvgIpc) is 1.89. The van der Waals surface area contributed by atoms with Gasteiger partial charge in [-0.2, -0.15) is 0 Å². The van der Waals surface area contributed by atoms with Gasteiger partial charge in [-0.3, -0.25) is 0 Å². The zero-order valence-corrected chi connectivity index (χ0v) is 5.72. The van der Waals surface area contributed by atoms with E-state index in [2.05, 4.69) is 19.4 Å². The third-order valence-corrected chi connectivity index (χ3v) is 1.55. The molecule has 1 rings (SSSR count). The first kappa shape index (κ1) is 6.40. The SMILES string of the molecule is CCC1=CC[CH]C=C1N. The highest BCUT2D eigenvalue weighted by atomic mass is 14.6. The van der Waals surface area contributed by atoms with Crippen LogP contribution in [0.3, 0.4) is 0 Å². The smallest absolute Gasteiger partial charge is 0.0305 e. The minimum absolute atomic E-state index is 0.934. The molecule has 0 spiro atoms. The maximum atomic E-state index is 5.65. The normalized spacial score (nSPS) is 18.8. The molecule has 0 unspecified atom stereocenters. The van der Waals surface area contributed by atoms with Crippen LogP contribution in [0.15, 0.2) is 23.4 Å². The highest BCUT2D eigenvalue weighted by Gasteiger charge is 2.00. The fraction of sp³-hybridized carbons (Fsp3) is 0.375. The number of rotatable bonds is 1. The van der Waals surface area contributed by atoms with Crippen LogP contribution in [0.4, 0.5) is 0 Å². The van der Waals surface area contributed by atoms with E-state index in [1.807, 2.05) is 6.08 Å². The maximum Gasteiger partial charge on any atom is 0.0305 e. The first-order valence-corrected chi connectivity index (χ1v) is 3.33. The Morgan fingerprint density at radius 2 is 2.44 bits per heavy atom. The van der Waals surface area contributed by atoms with E-state index in [1.54, 1.807) is 0 Å². The molecule has 0 saturated heterocycles. The third-order valence-electron chi connectivity index (χ3n) is 1.55. The summed E-state index contributed by atoms with van der Waals surface area (Å²) in [6.45, 7) is 2.12.